The fourth-order valence-electron chi connectivity index (χ4n) is 0.552. The van der Waals surface area contributed by atoms with E-state index < -0.39 is 0 Å². The van der Waals surface area contributed by atoms with Gasteiger partial charge in [0, 0.05) is 13.2 Å². The van der Waals surface area contributed by atoms with E-state index in [0.717, 1.165) is 11.3 Å². The van der Waals surface area contributed by atoms with Crippen LogP contribution in [0.5, 0.6) is 0 Å². The lowest BCUT2D eigenvalue weighted by molar-refractivity contribution is 0.285. The number of hydrogen-bond acceptors (Lipinski definition) is 3. The number of rotatable bonds is 1. The summed E-state index contributed by atoms with van der Waals surface area (Å²) in [5.74, 6) is 0. The van der Waals surface area contributed by atoms with Crippen molar-refractivity contribution >= 4 is 11.3 Å². The van der Waals surface area contributed by atoms with Crippen molar-refractivity contribution in [1.29, 1.82) is 0 Å². The molecular formula is C5H7NO2S. The Morgan fingerprint density at radius 3 is 2.78 bits per heavy atom. The molecule has 0 saturated carbocycles. The monoisotopic (exact) mass is 145 g/mol. The second kappa shape index (κ2) is 2.33. The molecule has 0 aliphatic heterocycles. The zero-order valence-electron chi connectivity index (χ0n) is 5.00. The fraction of sp³-hybridized carbons (Fsp3) is 0.400. The van der Waals surface area contributed by atoms with Gasteiger partial charge in [-0.05, 0) is 0 Å². The summed E-state index contributed by atoms with van der Waals surface area (Å²) in [7, 11) is 1.66. The van der Waals surface area contributed by atoms with Crippen LogP contribution in [0.1, 0.15) is 4.88 Å². The van der Waals surface area contributed by atoms with Gasteiger partial charge in [-0.1, -0.05) is 11.3 Å². The van der Waals surface area contributed by atoms with E-state index in [1.165, 1.54) is 4.57 Å². The normalized spacial score (nSPS) is 10.0. The van der Waals surface area contributed by atoms with Crippen LogP contribution in [0.3, 0.4) is 0 Å². The maximum atomic E-state index is 10.7. The Morgan fingerprint density at radius 2 is 2.56 bits per heavy atom. The van der Waals surface area contributed by atoms with Gasteiger partial charge in [-0.15, -0.1) is 0 Å². The number of aromatic nitrogens is 1. The predicted molar refractivity (Wildman–Crippen MR) is 35.5 cm³/mol. The van der Waals surface area contributed by atoms with E-state index in [2.05, 4.69) is 0 Å². The molecule has 0 saturated heterocycles. The molecule has 3 nitrogen and oxygen atoms in total. The standard InChI is InChI=1S/C5H7NO2S/c1-6-2-4(3-7)9-5(6)8/h2,7H,3H2,1H3. The minimum Gasteiger partial charge on any atom is -0.391 e. The van der Waals surface area contributed by atoms with Crippen LogP contribution in [0, 0.1) is 0 Å². The predicted octanol–water partition coefficient (Wildman–Crippen LogP) is -0.0609. The van der Waals surface area contributed by atoms with Crippen LogP contribution in [0.2, 0.25) is 0 Å². The molecule has 0 aliphatic carbocycles. The zero-order chi connectivity index (χ0) is 6.85. The number of aryl methyl sites for hydroxylation is 1. The van der Waals surface area contributed by atoms with E-state index in [9.17, 15) is 4.79 Å². The molecule has 9 heavy (non-hydrogen) atoms. The van der Waals surface area contributed by atoms with E-state index in [1.54, 1.807) is 13.2 Å². The van der Waals surface area contributed by atoms with Gasteiger partial charge in [0.1, 0.15) is 0 Å². The summed E-state index contributed by atoms with van der Waals surface area (Å²) in [5.41, 5.74) is 0. The molecule has 0 unspecified atom stereocenters. The topological polar surface area (TPSA) is 42.2 Å². The fourth-order valence-corrected chi connectivity index (χ4v) is 1.25. The van der Waals surface area contributed by atoms with Crippen LogP contribution in [-0.2, 0) is 13.7 Å². The molecular weight excluding hydrogens is 138 g/mol. The highest BCUT2D eigenvalue weighted by atomic mass is 32.1. The van der Waals surface area contributed by atoms with Crippen LogP contribution in [0.4, 0.5) is 0 Å². The van der Waals surface area contributed by atoms with Crippen LogP contribution in [0.15, 0.2) is 11.0 Å². The smallest absolute Gasteiger partial charge is 0.307 e. The van der Waals surface area contributed by atoms with Gasteiger partial charge in [-0.2, -0.15) is 0 Å². The summed E-state index contributed by atoms with van der Waals surface area (Å²) < 4.78 is 1.45. The molecule has 0 amide bonds. The van der Waals surface area contributed by atoms with Gasteiger partial charge in [0.2, 0.25) is 0 Å². The first kappa shape index (κ1) is 6.51. The molecule has 0 atom stereocenters. The summed E-state index contributed by atoms with van der Waals surface area (Å²) in [4.78, 5) is 11.4. The molecule has 0 spiro atoms. The third-order valence-corrected chi connectivity index (χ3v) is 1.96. The summed E-state index contributed by atoms with van der Waals surface area (Å²) in [6.07, 6.45) is 1.63. The highest BCUT2D eigenvalue weighted by Gasteiger charge is 1.96. The molecule has 0 aromatic carbocycles. The van der Waals surface area contributed by atoms with Crippen LogP contribution in [0.25, 0.3) is 0 Å². The van der Waals surface area contributed by atoms with Gasteiger partial charge < -0.3 is 9.67 Å². The van der Waals surface area contributed by atoms with Crippen LogP contribution in [-0.4, -0.2) is 9.67 Å². The van der Waals surface area contributed by atoms with Gasteiger partial charge in [0.05, 0.1) is 11.5 Å². The Morgan fingerprint density at radius 1 is 1.89 bits per heavy atom. The molecule has 0 fully saturated rings. The lowest BCUT2D eigenvalue weighted by Crippen LogP contribution is -2.04. The van der Waals surface area contributed by atoms with E-state index in [4.69, 9.17) is 5.11 Å². The first-order valence-corrected chi connectivity index (χ1v) is 3.32. The van der Waals surface area contributed by atoms with Gasteiger partial charge in [-0.3, -0.25) is 4.79 Å². The van der Waals surface area contributed by atoms with E-state index in [0.29, 0.717) is 4.88 Å². The number of aliphatic hydroxyl groups is 1. The molecule has 1 N–H and O–H groups in total. The van der Waals surface area contributed by atoms with Crippen molar-refractivity contribution < 1.29 is 5.11 Å². The molecule has 4 heteroatoms. The average Bonchev–Trinajstić information content (AvgIpc) is 2.13. The summed E-state index contributed by atoms with van der Waals surface area (Å²) in [6.45, 7) is -0.0409. The average molecular weight is 145 g/mol. The minimum absolute atomic E-state index is 0.0287. The van der Waals surface area contributed by atoms with Crippen molar-refractivity contribution in [3.63, 3.8) is 0 Å². The third-order valence-electron chi connectivity index (χ3n) is 1.000. The van der Waals surface area contributed by atoms with Gasteiger partial charge >= 0.3 is 4.87 Å². The van der Waals surface area contributed by atoms with Gasteiger partial charge in [0.25, 0.3) is 0 Å². The van der Waals surface area contributed by atoms with Gasteiger partial charge in [0.15, 0.2) is 0 Å². The van der Waals surface area contributed by atoms with Gasteiger partial charge in [-0.25, -0.2) is 0 Å². The van der Waals surface area contributed by atoms with E-state index in [-0.39, 0.29) is 11.5 Å². The molecule has 0 bridgehead atoms. The van der Waals surface area contributed by atoms with Crippen molar-refractivity contribution in [2.45, 2.75) is 6.61 Å². The molecule has 1 rings (SSSR count). The Kier molecular flexibility index (Phi) is 1.68. The first-order chi connectivity index (χ1) is 4.24. The molecule has 1 aromatic heterocycles. The van der Waals surface area contributed by atoms with Crippen LogP contribution >= 0.6 is 11.3 Å². The Labute approximate surface area is 56.2 Å². The summed E-state index contributed by atoms with van der Waals surface area (Å²) >= 11 is 1.07. The first-order valence-electron chi connectivity index (χ1n) is 2.50. The second-order valence-electron chi connectivity index (χ2n) is 1.73. The Balaban J connectivity index is 3.13. The van der Waals surface area contributed by atoms with Crippen molar-refractivity contribution in [3.8, 4) is 0 Å². The molecule has 50 valence electrons. The van der Waals surface area contributed by atoms with E-state index >= 15 is 0 Å². The number of aliphatic hydroxyl groups excluding tert-OH is 1. The molecule has 1 heterocycles. The Bertz CT molecular complexity index is 250. The van der Waals surface area contributed by atoms with E-state index in [1.807, 2.05) is 0 Å². The van der Waals surface area contributed by atoms with Crippen molar-refractivity contribution in [3.05, 3.63) is 20.7 Å². The third kappa shape index (κ3) is 1.20. The Hall–Kier alpha value is -0.610. The maximum absolute atomic E-state index is 10.7. The summed E-state index contributed by atoms with van der Waals surface area (Å²) in [6, 6.07) is 0. The number of thiazole rings is 1. The minimum atomic E-state index is -0.0409. The van der Waals surface area contributed by atoms with Crippen molar-refractivity contribution in [2.75, 3.05) is 0 Å². The molecule has 0 radical (unpaired) electrons. The highest BCUT2D eigenvalue weighted by Crippen LogP contribution is 2.00. The van der Waals surface area contributed by atoms with Crippen molar-refractivity contribution in [1.82, 2.24) is 4.57 Å². The SMILES string of the molecule is Cn1cc(CO)sc1=O. The highest BCUT2D eigenvalue weighted by molar-refractivity contribution is 7.09. The lowest BCUT2D eigenvalue weighted by Gasteiger charge is -1.81. The summed E-state index contributed by atoms with van der Waals surface area (Å²) in [5, 5.41) is 8.53. The molecule has 1 aromatic rings. The second-order valence-corrected chi connectivity index (χ2v) is 2.81. The number of hydrogen-bond donors (Lipinski definition) is 1. The van der Waals surface area contributed by atoms with Crippen molar-refractivity contribution in [2.24, 2.45) is 7.05 Å². The quantitative estimate of drug-likeness (QED) is 0.601. The largest absolute Gasteiger partial charge is 0.391 e. The van der Waals surface area contributed by atoms with Crippen LogP contribution < -0.4 is 4.87 Å². The maximum Gasteiger partial charge on any atom is 0.307 e. The zero-order valence-corrected chi connectivity index (χ0v) is 5.81. The molecule has 0 aliphatic rings. The number of nitrogens with zero attached hydrogens (tertiary/aromatic N) is 1. The lowest BCUT2D eigenvalue weighted by atomic mass is 10.6.